The second-order valence-electron chi connectivity index (χ2n) is 10.3. The lowest BCUT2D eigenvalue weighted by Gasteiger charge is -2.36. The molecule has 3 atom stereocenters. The van der Waals surface area contributed by atoms with Gasteiger partial charge in [0.1, 0.15) is 6.04 Å². The Morgan fingerprint density at radius 2 is 1.84 bits per heavy atom. The summed E-state index contributed by atoms with van der Waals surface area (Å²) in [6.07, 6.45) is -6.00. The van der Waals surface area contributed by atoms with E-state index in [1.54, 1.807) is 48.5 Å². The number of methoxy groups -OCH3 is 1. The summed E-state index contributed by atoms with van der Waals surface area (Å²) >= 11 is 6.22. The molecule has 5 rings (SSSR count). The van der Waals surface area contributed by atoms with Crippen molar-refractivity contribution in [2.45, 2.75) is 36.7 Å². The zero-order chi connectivity index (χ0) is 30.8. The maximum atomic E-state index is 14.5. The van der Waals surface area contributed by atoms with Crippen LogP contribution < -0.4 is 16.0 Å². The Balaban J connectivity index is 1.43. The van der Waals surface area contributed by atoms with Crippen LogP contribution in [0, 0.1) is 0 Å². The lowest BCUT2D eigenvalue weighted by Crippen LogP contribution is -2.52. The van der Waals surface area contributed by atoms with Crippen molar-refractivity contribution >= 4 is 41.1 Å². The number of alkyl halides is 3. The number of ether oxygens (including phenoxy) is 2. The number of carbonyl (C=O) groups excluding carboxylic acids is 3. The summed E-state index contributed by atoms with van der Waals surface area (Å²) in [6.45, 7) is 0.0970. The predicted molar refractivity (Wildman–Crippen MR) is 153 cm³/mol. The van der Waals surface area contributed by atoms with Gasteiger partial charge in [0.15, 0.2) is 5.60 Å². The first-order valence-electron chi connectivity index (χ1n) is 13.4. The monoisotopic (exact) mass is 616 g/mol. The van der Waals surface area contributed by atoms with Crippen LogP contribution >= 0.6 is 11.6 Å². The molecule has 13 heteroatoms. The molecule has 43 heavy (non-hydrogen) atoms. The smallest absolute Gasteiger partial charge is 0.412 e. The number of hydrogen-bond acceptors (Lipinski definition) is 6. The van der Waals surface area contributed by atoms with Crippen LogP contribution in [-0.2, 0) is 26.3 Å². The molecule has 3 amide bonds. The number of fused-ring (bicyclic) bond motifs is 2. The zero-order valence-corrected chi connectivity index (χ0v) is 23.7. The van der Waals surface area contributed by atoms with E-state index in [9.17, 15) is 27.6 Å². The molecule has 0 aromatic heterocycles. The van der Waals surface area contributed by atoms with Crippen LogP contribution in [0.15, 0.2) is 72.8 Å². The van der Waals surface area contributed by atoms with Gasteiger partial charge in [-0.25, -0.2) is 9.59 Å². The van der Waals surface area contributed by atoms with Crippen LogP contribution in [0.1, 0.15) is 29.2 Å². The van der Waals surface area contributed by atoms with Gasteiger partial charge in [-0.15, -0.1) is 0 Å². The van der Waals surface area contributed by atoms with Crippen molar-refractivity contribution in [3.63, 3.8) is 0 Å². The first kappa shape index (κ1) is 30.2. The topological polar surface area (TPSA) is 109 Å². The van der Waals surface area contributed by atoms with Gasteiger partial charge in [-0.2, -0.15) is 13.2 Å². The predicted octanol–water partition coefficient (Wildman–Crippen LogP) is 6.01. The van der Waals surface area contributed by atoms with Crippen molar-refractivity contribution in [2.75, 3.05) is 30.8 Å². The van der Waals surface area contributed by atoms with E-state index in [0.717, 1.165) is 0 Å². The van der Waals surface area contributed by atoms with Gasteiger partial charge in [0, 0.05) is 29.2 Å². The number of amides is 3. The molecule has 226 valence electrons. The van der Waals surface area contributed by atoms with Crippen molar-refractivity contribution in [1.29, 1.82) is 0 Å². The van der Waals surface area contributed by atoms with Gasteiger partial charge in [0.05, 0.1) is 25.4 Å². The minimum Gasteiger partial charge on any atom is -0.453 e. The average Bonchev–Trinajstić information content (AvgIpc) is 3.39. The number of nitrogens with zero attached hydrogens (tertiary/aromatic N) is 1. The van der Waals surface area contributed by atoms with E-state index in [-0.39, 0.29) is 37.2 Å². The Morgan fingerprint density at radius 3 is 2.51 bits per heavy atom. The molecule has 1 spiro atoms. The van der Waals surface area contributed by atoms with Crippen molar-refractivity contribution in [3.8, 4) is 0 Å². The van der Waals surface area contributed by atoms with Gasteiger partial charge in [0.25, 0.3) is 0 Å². The Bertz CT molecular complexity index is 1510. The third-order valence-corrected chi connectivity index (χ3v) is 7.73. The highest BCUT2D eigenvalue weighted by atomic mass is 35.5. The summed E-state index contributed by atoms with van der Waals surface area (Å²) in [5.41, 5.74) is 0.649. The van der Waals surface area contributed by atoms with Gasteiger partial charge in [-0.05, 0) is 47.9 Å². The normalized spacial score (nSPS) is 19.2. The van der Waals surface area contributed by atoms with E-state index in [1.165, 1.54) is 36.3 Å². The van der Waals surface area contributed by atoms with Gasteiger partial charge in [-0.3, -0.25) is 20.7 Å². The Morgan fingerprint density at radius 1 is 1.12 bits per heavy atom. The first-order chi connectivity index (χ1) is 20.5. The summed E-state index contributed by atoms with van der Waals surface area (Å²) in [5.74, 6) is -0.572. The van der Waals surface area contributed by atoms with E-state index in [1.807, 2.05) is 0 Å². The number of anilines is 2. The highest BCUT2D eigenvalue weighted by Crippen LogP contribution is 2.44. The highest BCUT2D eigenvalue weighted by Gasteiger charge is 2.50. The van der Waals surface area contributed by atoms with E-state index >= 15 is 0 Å². The Hall–Kier alpha value is -4.29. The van der Waals surface area contributed by atoms with Crippen molar-refractivity contribution in [1.82, 2.24) is 10.2 Å². The van der Waals surface area contributed by atoms with Gasteiger partial charge in [-0.1, -0.05) is 54.1 Å². The standard InChI is InChI=1S/C30H28ClF3N4O5/c1-42-27(40)35-21-10-7-19(8-11-21)25(30(32,33)34)36-24(15-18-5-3-2-4-6-18)26(39)38-14-13-29(17-38)22-16-20(31)9-12-23(22)37-28(41)43-29/h2-12,16,24-25,36H,13-15,17H2,1H3,(H,35,40)(H,37,41). The summed E-state index contributed by atoms with van der Waals surface area (Å²) in [7, 11) is 1.17. The Kier molecular flexibility index (Phi) is 8.52. The lowest BCUT2D eigenvalue weighted by molar-refractivity contribution is -0.162. The van der Waals surface area contributed by atoms with E-state index in [2.05, 4.69) is 20.7 Å². The van der Waals surface area contributed by atoms with Crippen molar-refractivity contribution in [2.24, 2.45) is 0 Å². The SMILES string of the molecule is COC(=O)Nc1ccc(C(NC(Cc2ccccc2)C(=O)N2CCC3(C2)OC(=O)Nc2ccc(Cl)cc23)C(F)(F)F)cc1. The van der Waals surface area contributed by atoms with E-state index in [0.29, 0.717) is 21.8 Å². The molecule has 2 heterocycles. The summed E-state index contributed by atoms with van der Waals surface area (Å²) in [4.78, 5) is 39.3. The largest absolute Gasteiger partial charge is 0.453 e. The van der Waals surface area contributed by atoms with Crippen LogP contribution in [0.5, 0.6) is 0 Å². The quantitative estimate of drug-likeness (QED) is 0.300. The highest BCUT2D eigenvalue weighted by molar-refractivity contribution is 6.30. The minimum absolute atomic E-state index is 0.0263. The molecule has 9 nitrogen and oxygen atoms in total. The number of nitrogens with one attached hydrogen (secondary N) is 3. The molecule has 2 aliphatic rings. The fourth-order valence-electron chi connectivity index (χ4n) is 5.44. The van der Waals surface area contributed by atoms with Gasteiger partial charge in [0.2, 0.25) is 5.91 Å². The average molecular weight is 617 g/mol. The number of hydrogen-bond donors (Lipinski definition) is 3. The number of rotatable bonds is 7. The summed E-state index contributed by atoms with van der Waals surface area (Å²) < 4.78 is 53.7. The molecule has 3 N–H and O–H groups in total. The maximum Gasteiger partial charge on any atom is 0.412 e. The molecule has 0 saturated carbocycles. The van der Waals surface area contributed by atoms with Crippen LogP contribution in [0.3, 0.4) is 0 Å². The number of carbonyl (C=O) groups is 3. The Labute approximate surface area is 250 Å². The van der Waals surface area contributed by atoms with Crippen LogP contribution in [-0.4, -0.2) is 55.4 Å². The fourth-order valence-corrected chi connectivity index (χ4v) is 5.61. The number of benzene rings is 3. The lowest BCUT2D eigenvalue weighted by atomic mass is 9.90. The van der Waals surface area contributed by atoms with Crippen molar-refractivity contribution < 1.29 is 37.0 Å². The van der Waals surface area contributed by atoms with E-state index in [4.69, 9.17) is 16.3 Å². The molecule has 3 aromatic carbocycles. The molecule has 0 aliphatic carbocycles. The molecule has 3 aromatic rings. The fraction of sp³-hybridized carbons (Fsp3) is 0.300. The second-order valence-corrected chi connectivity index (χ2v) is 10.8. The first-order valence-corrected chi connectivity index (χ1v) is 13.8. The van der Waals surface area contributed by atoms with E-state index < -0.39 is 42.0 Å². The van der Waals surface area contributed by atoms with Gasteiger partial charge >= 0.3 is 18.4 Å². The minimum atomic E-state index is -4.76. The van der Waals surface area contributed by atoms with Gasteiger partial charge < -0.3 is 14.4 Å². The zero-order valence-electron chi connectivity index (χ0n) is 22.9. The molecule has 0 radical (unpaired) electrons. The molecular formula is C30H28ClF3N4O5. The number of halogens is 4. The second kappa shape index (κ2) is 12.1. The number of likely N-dealkylation sites (tertiary alicyclic amines) is 1. The van der Waals surface area contributed by atoms with Crippen LogP contribution in [0.2, 0.25) is 5.02 Å². The van der Waals surface area contributed by atoms with Crippen LogP contribution in [0.25, 0.3) is 0 Å². The molecule has 2 aliphatic heterocycles. The third kappa shape index (κ3) is 6.70. The molecule has 1 saturated heterocycles. The maximum absolute atomic E-state index is 14.5. The van der Waals surface area contributed by atoms with Crippen molar-refractivity contribution in [3.05, 3.63) is 94.5 Å². The summed E-state index contributed by atoms with van der Waals surface area (Å²) in [6, 6.07) is 15.2. The molecule has 3 unspecified atom stereocenters. The molecule has 1 fully saturated rings. The molecule has 0 bridgehead atoms. The van der Waals surface area contributed by atoms with Crippen LogP contribution in [0.4, 0.5) is 34.1 Å². The molecular weight excluding hydrogens is 589 g/mol. The third-order valence-electron chi connectivity index (χ3n) is 7.49. The summed E-state index contributed by atoms with van der Waals surface area (Å²) in [5, 5.41) is 8.00.